The zero-order valence-electron chi connectivity index (χ0n) is 13.1. The Hall–Kier alpha value is -0.0400. The van der Waals surface area contributed by atoms with E-state index in [1.54, 1.807) is 0 Å². The maximum Gasteiger partial charge on any atom is 0.190 e. The van der Waals surface area contributed by atoms with Crippen LogP contribution >= 0.6 is 24.0 Å². The zero-order valence-corrected chi connectivity index (χ0v) is 15.4. The van der Waals surface area contributed by atoms with Gasteiger partial charge in [0.15, 0.2) is 5.96 Å². The lowest BCUT2D eigenvalue weighted by Crippen LogP contribution is -2.39. The summed E-state index contributed by atoms with van der Waals surface area (Å²) in [5.41, 5.74) is 0. The second-order valence-corrected chi connectivity index (χ2v) is 5.27. The molecular weight excluding hydrogens is 365 g/mol. The number of halogens is 1. The van der Waals surface area contributed by atoms with Crippen molar-refractivity contribution in [1.82, 2.24) is 10.6 Å². The highest BCUT2D eigenvalue weighted by atomic mass is 127. The van der Waals surface area contributed by atoms with Crippen molar-refractivity contribution in [2.24, 2.45) is 10.9 Å². The number of nitrogens with zero attached hydrogens (tertiary/aromatic N) is 1. The predicted molar refractivity (Wildman–Crippen MR) is 97.1 cm³/mol. The van der Waals surface area contributed by atoms with E-state index in [0.29, 0.717) is 0 Å². The van der Waals surface area contributed by atoms with Gasteiger partial charge in [-0.15, -0.1) is 24.0 Å². The molecule has 120 valence electrons. The molecule has 0 saturated heterocycles. The molecule has 0 aromatic carbocycles. The Morgan fingerprint density at radius 1 is 1.15 bits per heavy atom. The van der Waals surface area contributed by atoms with E-state index in [9.17, 15) is 0 Å². The third kappa shape index (κ3) is 9.80. The van der Waals surface area contributed by atoms with E-state index >= 15 is 0 Å². The summed E-state index contributed by atoms with van der Waals surface area (Å²) in [5, 5.41) is 6.73. The summed E-state index contributed by atoms with van der Waals surface area (Å²) in [6.45, 7) is 5.61. The first kappa shape index (κ1) is 20.0. The molecule has 0 atom stereocenters. The highest BCUT2D eigenvalue weighted by molar-refractivity contribution is 14.0. The highest BCUT2D eigenvalue weighted by Gasteiger charge is 2.12. The van der Waals surface area contributed by atoms with Crippen LogP contribution in [0.5, 0.6) is 0 Å². The molecule has 20 heavy (non-hydrogen) atoms. The maximum atomic E-state index is 5.31. The summed E-state index contributed by atoms with van der Waals surface area (Å²) in [6.07, 6.45) is 9.43. The van der Waals surface area contributed by atoms with Crippen LogP contribution in [0.15, 0.2) is 4.99 Å². The predicted octanol–water partition coefficient (Wildman–Crippen LogP) is 3.17. The first-order chi connectivity index (χ1) is 9.36. The van der Waals surface area contributed by atoms with Crippen LogP contribution in [0.4, 0.5) is 0 Å². The molecule has 0 radical (unpaired) electrons. The number of ether oxygens (including phenoxy) is 1. The van der Waals surface area contributed by atoms with Gasteiger partial charge in [-0.3, -0.25) is 4.99 Å². The minimum atomic E-state index is 0. The van der Waals surface area contributed by atoms with Gasteiger partial charge in [-0.2, -0.15) is 0 Å². The zero-order chi connectivity index (χ0) is 13.8. The van der Waals surface area contributed by atoms with Crippen LogP contribution in [0, 0.1) is 5.92 Å². The van der Waals surface area contributed by atoms with E-state index in [2.05, 4.69) is 15.6 Å². The van der Waals surface area contributed by atoms with E-state index in [4.69, 9.17) is 4.74 Å². The van der Waals surface area contributed by atoms with Gasteiger partial charge in [0.2, 0.25) is 0 Å². The van der Waals surface area contributed by atoms with E-state index in [0.717, 1.165) is 44.6 Å². The summed E-state index contributed by atoms with van der Waals surface area (Å²) in [7, 11) is 1.83. The molecule has 1 rings (SSSR count). The number of hydrogen-bond donors (Lipinski definition) is 2. The Kier molecular flexibility index (Phi) is 13.9. The van der Waals surface area contributed by atoms with Crippen molar-refractivity contribution in [2.75, 3.05) is 33.4 Å². The Bertz CT molecular complexity index is 243. The fourth-order valence-electron chi connectivity index (χ4n) is 2.62. The maximum absolute atomic E-state index is 5.31. The van der Waals surface area contributed by atoms with Crippen molar-refractivity contribution >= 4 is 29.9 Å². The minimum Gasteiger partial charge on any atom is -0.382 e. The van der Waals surface area contributed by atoms with E-state index in [1.807, 2.05) is 14.0 Å². The van der Waals surface area contributed by atoms with Crippen LogP contribution < -0.4 is 10.6 Å². The molecule has 1 fully saturated rings. The fraction of sp³-hybridized carbons (Fsp3) is 0.933. The number of guanidine groups is 1. The Labute approximate surface area is 141 Å². The summed E-state index contributed by atoms with van der Waals surface area (Å²) in [6, 6.07) is 0. The van der Waals surface area contributed by atoms with E-state index < -0.39 is 0 Å². The molecule has 0 spiro atoms. The average Bonchev–Trinajstić information content (AvgIpc) is 2.46. The van der Waals surface area contributed by atoms with Crippen molar-refractivity contribution in [2.45, 2.75) is 51.9 Å². The van der Waals surface area contributed by atoms with Gasteiger partial charge in [0.1, 0.15) is 0 Å². The van der Waals surface area contributed by atoms with Crippen LogP contribution in [-0.4, -0.2) is 39.3 Å². The molecule has 1 saturated carbocycles. The van der Waals surface area contributed by atoms with Gasteiger partial charge in [-0.1, -0.05) is 32.1 Å². The minimum absolute atomic E-state index is 0. The van der Waals surface area contributed by atoms with Crippen molar-refractivity contribution in [1.29, 1.82) is 0 Å². The Balaban J connectivity index is 0.00000361. The van der Waals surface area contributed by atoms with Crippen molar-refractivity contribution < 1.29 is 4.74 Å². The molecule has 1 aliphatic rings. The first-order valence-corrected chi connectivity index (χ1v) is 7.89. The summed E-state index contributed by atoms with van der Waals surface area (Å²) in [5.74, 6) is 1.85. The number of hydrogen-bond acceptors (Lipinski definition) is 2. The lowest BCUT2D eigenvalue weighted by atomic mass is 9.87. The molecule has 0 aromatic rings. The second kappa shape index (κ2) is 13.9. The standard InChI is InChI=1S/C15H31N3O.HI/c1-3-19-13-7-11-17-15(16-2)18-12-10-14-8-5-4-6-9-14;/h14H,3-13H2,1-2H3,(H2,16,17,18);1H. The van der Waals surface area contributed by atoms with Crippen molar-refractivity contribution in [3.8, 4) is 0 Å². The summed E-state index contributed by atoms with van der Waals surface area (Å²) in [4.78, 5) is 4.24. The van der Waals surface area contributed by atoms with Crippen LogP contribution in [-0.2, 0) is 4.74 Å². The monoisotopic (exact) mass is 397 g/mol. The van der Waals surface area contributed by atoms with Gasteiger partial charge < -0.3 is 15.4 Å². The van der Waals surface area contributed by atoms with Crippen LogP contribution in [0.25, 0.3) is 0 Å². The Morgan fingerprint density at radius 2 is 1.85 bits per heavy atom. The number of aliphatic imine (C=N–C) groups is 1. The molecule has 0 amide bonds. The average molecular weight is 397 g/mol. The Morgan fingerprint density at radius 3 is 2.50 bits per heavy atom. The van der Waals surface area contributed by atoms with Crippen LogP contribution in [0.3, 0.4) is 0 Å². The largest absolute Gasteiger partial charge is 0.382 e. The molecule has 0 aromatic heterocycles. The fourth-order valence-corrected chi connectivity index (χ4v) is 2.62. The van der Waals surface area contributed by atoms with Gasteiger partial charge in [-0.25, -0.2) is 0 Å². The SMILES string of the molecule is CCOCCCNC(=NC)NCCC1CCCCC1.I. The van der Waals surface area contributed by atoms with E-state index in [-0.39, 0.29) is 24.0 Å². The number of nitrogens with one attached hydrogen (secondary N) is 2. The van der Waals surface area contributed by atoms with Gasteiger partial charge in [0, 0.05) is 33.4 Å². The van der Waals surface area contributed by atoms with Gasteiger partial charge in [0.05, 0.1) is 0 Å². The van der Waals surface area contributed by atoms with Crippen molar-refractivity contribution in [3.05, 3.63) is 0 Å². The smallest absolute Gasteiger partial charge is 0.190 e. The van der Waals surface area contributed by atoms with Crippen molar-refractivity contribution in [3.63, 3.8) is 0 Å². The third-order valence-electron chi connectivity index (χ3n) is 3.76. The van der Waals surface area contributed by atoms with Crippen LogP contribution in [0.1, 0.15) is 51.9 Å². The summed E-state index contributed by atoms with van der Waals surface area (Å²) < 4.78 is 5.31. The molecule has 0 unspecified atom stereocenters. The quantitative estimate of drug-likeness (QED) is 0.286. The molecule has 5 heteroatoms. The van der Waals surface area contributed by atoms with E-state index in [1.165, 1.54) is 38.5 Å². The van der Waals surface area contributed by atoms with Gasteiger partial charge in [-0.05, 0) is 25.7 Å². The number of rotatable bonds is 8. The molecule has 1 aliphatic carbocycles. The van der Waals surface area contributed by atoms with Gasteiger partial charge >= 0.3 is 0 Å². The third-order valence-corrected chi connectivity index (χ3v) is 3.76. The summed E-state index contributed by atoms with van der Waals surface area (Å²) >= 11 is 0. The lowest BCUT2D eigenvalue weighted by molar-refractivity contribution is 0.145. The van der Waals surface area contributed by atoms with Gasteiger partial charge in [0.25, 0.3) is 0 Å². The molecule has 2 N–H and O–H groups in total. The molecule has 0 bridgehead atoms. The topological polar surface area (TPSA) is 45.6 Å². The molecular formula is C15H32IN3O. The normalized spacial score (nSPS) is 16.6. The molecule has 0 aliphatic heterocycles. The lowest BCUT2D eigenvalue weighted by Gasteiger charge is -2.22. The first-order valence-electron chi connectivity index (χ1n) is 7.89. The highest BCUT2D eigenvalue weighted by Crippen LogP contribution is 2.25. The molecule has 0 heterocycles. The second-order valence-electron chi connectivity index (χ2n) is 5.27. The molecule has 4 nitrogen and oxygen atoms in total. The van der Waals surface area contributed by atoms with Crippen LogP contribution in [0.2, 0.25) is 0 Å².